The van der Waals surface area contributed by atoms with E-state index in [1.54, 1.807) is 7.11 Å². The lowest BCUT2D eigenvalue weighted by atomic mass is 9.84. The van der Waals surface area contributed by atoms with E-state index in [0.29, 0.717) is 18.5 Å². The van der Waals surface area contributed by atoms with Gasteiger partial charge in [0.2, 0.25) is 0 Å². The zero-order chi connectivity index (χ0) is 16.0. The van der Waals surface area contributed by atoms with Crippen LogP contribution >= 0.6 is 0 Å². The van der Waals surface area contributed by atoms with Gasteiger partial charge in [-0.1, -0.05) is 45.2 Å². The van der Waals surface area contributed by atoms with Crippen molar-refractivity contribution in [3.8, 4) is 5.75 Å². The molecule has 0 atom stereocenters. The van der Waals surface area contributed by atoms with Crippen LogP contribution < -0.4 is 15.8 Å². The van der Waals surface area contributed by atoms with Crippen LogP contribution in [-0.2, 0) is 5.41 Å². The minimum atomic E-state index is -0.0760. The Morgan fingerprint density at radius 3 is 2.73 bits per heavy atom. The summed E-state index contributed by atoms with van der Waals surface area (Å²) in [7, 11) is 1.69. The number of guanidine groups is 1. The molecule has 0 spiro atoms. The molecular formula is C18H29N3O. The van der Waals surface area contributed by atoms with Crippen molar-refractivity contribution in [2.75, 3.05) is 13.7 Å². The predicted octanol–water partition coefficient (Wildman–Crippen LogP) is 3.21. The number of aliphatic imine (C=N–C) groups is 1. The van der Waals surface area contributed by atoms with Gasteiger partial charge in [0, 0.05) is 11.5 Å². The molecule has 2 rings (SSSR count). The molecule has 1 fully saturated rings. The molecule has 0 bridgehead atoms. The van der Waals surface area contributed by atoms with Crippen LogP contribution in [0.1, 0.15) is 51.5 Å². The SMILES string of the molecule is COc1cccc(C(C)(C)CN=C(N)NC2CCCCC2)c1. The number of hydrogen-bond acceptors (Lipinski definition) is 2. The third-order valence-electron chi connectivity index (χ3n) is 4.45. The smallest absolute Gasteiger partial charge is 0.188 e. The first-order valence-corrected chi connectivity index (χ1v) is 8.22. The van der Waals surface area contributed by atoms with Gasteiger partial charge < -0.3 is 15.8 Å². The summed E-state index contributed by atoms with van der Waals surface area (Å²) in [6.07, 6.45) is 6.34. The van der Waals surface area contributed by atoms with Gasteiger partial charge in [-0.25, -0.2) is 0 Å². The number of hydrogen-bond donors (Lipinski definition) is 2. The van der Waals surface area contributed by atoms with Crippen LogP contribution in [0.25, 0.3) is 0 Å². The minimum Gasteiger partial charge on any atom is -0.497 e. The lowest BCUT2D eigenvalue weighted by Crippen LogP contribution is -2.41. The summed E-state index contributed by atoms with van der Waals surface area (Å²) in [6, 6.07) is 8.66. The Kier molecular flexibility index (Phi) is 5.69. The molecule has 0 saturated heterocycles. The molecule has 1 aliphatic carbocycles. The Bertz CT molecular complexity index is 505. The molecule has 1 saturated carbocycles. The van der Waals surface area contributed by atoms with E-state index in [4.69, 9.17) is 10.5 Å². The van der Waals surface area contributed by atoms with E-state index in [0.717, 1.165) is 5.75 Å². The Labute approximate surface area is 134 Å². The van der Waals surface area contributed by atoms with Crippen LogP contribution in [0.2, 0.25) is 0 Å². The zero-order valence-corrected chi connectivity index (χ0v) is 14.1. The average molecular weight is 303 g/mol. The lowest BCUT2D eigenvalue weighted by molar-refractivity contribution is 0.410. The van der Waals surface area contributed by atoms with Gasteiger partial charge in [0.1, 0.15) is 5.75 Å². The maximum absolute atomic E-state index is 6.06. The van der Waals surface area contributed by atoms with E-state index in [1.807, 2.05) is 12.1 Å². The van der Waals surface area contributed by atoms with E-state index in [-0.39, 0.29) is 5.41 Å². The van der Waals surface area contributed by atoms with Crippen molar-refractivity contribution in [1.82, 2.24) is 5.32 Å². The number of nitrogens with one attached hydrogen (secondary N) is 1. The lowest BCUT2D eigenvalue weighted by Gasteiger charge is -2.26. The molecular weight excluding hydrogens is 274 g/mol. The molecule has 0 aromatic heterocycles. The van der Waals surface area contributed by atoms with Crippen molar-refractivity contribution in [3.63, 3.8) is 0 Å². The van der Waals surface area contributed by atoms with Crippen LogP contribution in [0.3, 0.4) is 0 Å². The predicted molar refractivity (Wildman–Crippen MR) is 92.5 cm³/mol. The molecule has 1 aliphatic rings. The maximum atomic E-state index is 6.06. The number of methoxy groups -OCH3 is 1. The van der Waals surface area contributed by atoms with E-state index < -0.39 is 0 Å². The van der Waals surface area contributed by atoms with Crippen LogP contribution in [0.15, 0.2) is 29.3 Å². The minimum absolute atomic E-state index is 0.0760. The van der Waals surface area contributed by atoms with Crippen LogP contribution in [0, 0.1) is 0 Å². The Morgan fingerprint density at radius 1 is 1.32 bits per heavy atom. The number of nitrogens with two attached hydrogens (primary N) is 1. The maximum Gasteiger partial charge on any atom is 0.188 e. The Hall–Kier alpha value is -1.71. The molecule has 4 heteroatoms. The van der Waals surface area contributed by atoms with Crippen LogP contribution in [-0.4, -0.2) is 25.7 Å². The molecule has 0 heterocycles. The highest BCUT2D eigenvalue weighted by Crippen LogP contribution is 2.26. The van der Waals surface area contributed by atoms with Gasteiger partial charge in [-0.3, -0.25) is 4.99 Å². The first kappa shape index (κ1) is 16.7. The van der Waals surface area contributed by atoms with E-state index in [1.165, 1.54) is 37.7 Å². The third kappa shape index (κ3) is 4.65. The number of ether oxygens (including phenoxy) is 1. The Balaban J connectivity index is 1.96. The molecule has 122 valence electrons. The average Bonchev–Trinajstić information content (AvgIpc) is 2.54. The highest BCUT2D eigenvalue weighted by molar-refractivity contribution is 5.78. The number of benzene rings is 1. The van der Waals surface area contributed by atoms with Gasteiger partial charge >= 0.3 is 0 Å². The first-order chi connectivity index (χ1) is 10.5. The summed E-state index contributed by atoms with van der Waals surface area (Å²) < 4.78 is 5.30. The van der Waals surface area contributed by atoms with E-state index in [2.05, 4.69) is 36.3 Å². The molecule has 0 radical (unpaired) electrons. The van der Waals surface area contributed by atoms with Gasteiger partial charge in [0.05, 0.1) is 13.7 Å². The third-order valence-corrected chi connectivity index (χ3v) is 4.45. The van der Waals surface area contributed by atoms with Gasteiger partial charge in [-0.15, -0.1) is 0 Å². The normalized spacial score (nSPS) is 17.3. The summed E-state index contributed by atoms with van der Waals surface area (Å²) >= 11 is 0. The molecule has 22 heavy (non-hydrogen) atoms. The first-order valence-electron chi connectivity index (χ1n) is 8.22. The summed E-state index contributed by atoms with van der Waals surface area (Å²) in [5.74, 6) is 1.45. The molecule has 4 nitrogen and oxygen atoms in total. The van der Waals surface area contributed by atoms with Crippen molar-refractivity contribution in [2.24, 2.45) is 10.7 Å². The number of rotatable bonds is 5. The van der Waals surface area contributed by atoms with Crippen molar-refractivity contribution < 1.29 is 4.74 Å². The van der Waals surface area contributed by atoms with Crippen LogP contribution in [0.4, 0.5) is 0 Å². The van der Waals surface area contributed by atoms with Crippen molar-refractivity contribution in [2.45, 2.75) is 57.4 Å². The molecule has 1 aromatic rings. The summed E-state index contributed by atoms with van der Waals surface area (Å²) in [4.78, 5) is 4.56. The zero-order valence-electron chi connectivity index (χ0n) is 14.1. The van der Waals surface area contributed by atoms with Gasteiger partial charge in [0.25, 0.3) is 0 Å². The number of nitrogens with zero attached hydrogens (tertiary/aromatic N) is 1. The van der Waals surface area contributed by atoms with Crippen molar-refractivity contribution in [1.29, 1.82) is 0 Å². The molecule has 3 N–H and O–H groups in total. The quantitative estimate of drug-likeness (QED) is 0.648. The van der Waals surface area contributed by atoms with Crippen molar-refractivity contribution >= 4 is 5.96 Å². The fourth-order valence-electron chi connectivity index (χ4n) is 2.92. The topological polar surface area (TPSA) is 59.6 Å². The summed E-state index contributed by atoms with van der Waals surface area (Å²) in [6.45, 7) is 5.02. The standard InChI is InChI=1S/C18H29N3O/c1-18(2,14-8-7-11-16(12-14)22-3)13-20-17(19)21-15-9-5-4-6-10-15/h7-8,11-12,15H,4-6,9-10,13H2,1-3H3,(H3,19,20,21). The van der Waals surface area contributed by atoms with Gasteiger partial charge in [-0.2, -0.15) is 0 Å². The second-order valence-corrected chi connectivity index (χ2v) is 6.80. The Morgan fingerprint density at radius 2 is 2.05 bits per heavy atom. The molecule has 0 amide bonds. The second-order valence-electron chi connectivity index (χ2n) is 6.80. The van der Waals surface area contributed by atoms with Crippen LogP contribution in [0.5, 0.6) is 5.75 Å². The molecule has 0 aliphatic heterocycles. The highest BCUT2D eigenvalue weighted by atomic mass is 16.5. The summed E-state index contributed by atoms with van der Waals surface area (Å²) in [5, 5.41) is 3.37. The summed E-state index contributed by atoms with van der Waals surface area (Å²) in [5.41, 5.74) is 7.19. The molecule has 1 aromatic carbocycles. The largest absolute Gasteiger partial charge is 0.497 e. The fraction of sp³-hybridized carbons (Fsp3) is 0.611. The van der Waals surface area contributed by atoms with Crippen molar-refractivity contribution in [3.05, 3.63) is 29.8 Å². The second kappa shape index (κ2) is 7.52. The van der Waals surface area contributed by atoms with E-state index >= 15 is 0 Å². The van der Waals surface area contributed by atoms with Gasteiger partial charge in [-0.05, 0) is 30.5 Å². The fourth-order valence-corrected chi connectivity index (χ4v) is 2.92. The van der Waals surface area contributed by atoms with Gasteiger partial charge in [0.15, 0.2) is 5.96 Å². The van der Waals surface area contributed by atoms with E-state index in [9.17, 15) is 0 Å². The highest BCUT2D eigenvalue weighted by Gasteiger charge is 2.21. The monoisotopic (exact) mass is 303 g/mol. The molecule has 0 unspecified atom stereocenters.